The predicted molar refractivity (Wildman–Crippen MR) is 53.1 cm³/mol. The Hall–Kier alpha value is -0.920. The normalized spacial score (nSPS) is 11.8. The third-order valence-corrected chi connectivity index (χ3v) is 2.27. The van der Waals surface area contributed by atoms with Gasteiger partial charge in [-0.3, -0.25) is 5.10 Å². The molecule has 0 aliphatic carbocycles. The summed E-state index contributed by atoms with van der Waals surface area (Å²) < 4.78 is 23.7. The summed E-state index contributed by atoms with van der Waals surface area (Å²) in [4.78, 5) is 0. The van der Waals surface area contributed by atoms with E-state index >= 15 is 0 Å². The minimum absolute atomic E-state index is 0.396. The molecule has 6 nitrogen and oxygen atoms in total. The Kier molecular flexibility index (Phi) is 4.05. The number of rotatable bonds is 6. The van der Waals surface area contributed by atoms with Crippen molar-refractivity contribution in [1.82, 2.24) is 20.2 Å². The van der Waals surface area contributed by atoms with E-state index in [4.69, 9.17) is 0 Å². The summed E-state index contributed by atoms with van der Waals surface area (Å²) in [6.07, 6.45) is 2.81. The Bertz CT molecular complexity index is 346. The Balaban J connectivity index is 2.06. The first-order valence-electron chi connectivity index (χ1n) is 4.21. The number of sulfonamides is 1. The highest BCUT2D eigenvalue weighted by Crippen LogP contribution is 1.88. The molecular formula is C7H14N4O2S. The molecule has 0 radical (unpaired) electrons. The molecular weight excluding hydrogens is 204 g/mol. The van der Waals surface area contributed by atoms with Crippen LogP contribution in [0.2, 0.25) is 0 Å². The fraction of sp³-hybridized carbons (Fsp3) is 0.571. The van der Waals surface area contributed by atoms with E-state index in [1.54, 1.807) is 6.20 Å². The van der Waals surface area contributed by atoms with Gasteiger partial charge in [-0.15, -0.1) is 0 Å². The lowest BCUT2D eigenvalue weighted by Gasteiger charge is -2.03. The second kappa shape index (κ2) is 5.08. The summed E-state index contributed by atoms with van der Waals surface area (Å²) in [5.74, 6) is 0. The zero-order chi connectivity index (χ0) is 10.4. The van der Waals surface area contributed by atoms with Crippen molar-refractivity contribution in [3.8, 4) is 0 Å². The monoisotopic (exact) mass is 218 g/mol. The third-order valence-electron chi connectivity index (χ3n) is 1.54. The Labute approximate surface area is 83.1 Å². The van der Waals surface area contributed by atoms with Gasteiger partial charge in [-0.1, -0.05) is 0 Å². The van der Waals surface area contributed by atoms with Crippen LogP contribution in [0, 0.1) is 0 Å². The van der Waals surface area contributed by atoms with Crippen molar-refractivity contribution in [1.29, 1.82) is 0 Å². The zero-order valence-corrected chi connectivity index (χ0v) is 8.76. The van der Waals surface area contributed by atoms with Crippen molar-refractivity contribution in [2.45, 2.75) is 6.54 Å². The quantitative estimate of drug-likeness (QED) is 0.537. The minimum Gasteiger partial charge on any atom is -0.310 e. The molecule has 3 N–H and O–H groups in total. The van der Waals surface area contributed by atoms with Gasteiger partial charge >= 0.3 is 0 Å². The van der Waals surface area contributed by atoms with Crippen LogP contribution in [-0.4, -0.2) is 38.0 Å². The molecule has 7 heteroatoms. The van der Waals surface area contributed by atoms with E-state index < -0.39 is 10.0 Å². The summed E-state index contributed by atoms with van der Waals surface area (Å²) in [6.45, 7) is 1.64. The molecule has 0 unspecified atom stereocenters. The van der Waals surface area contributed by atoms with Gasteiger partial charge in [0.15, 0.2) is 0 Å². The number of nitrogens with zero attached hydrogens (tertiary/aromatic N) is 1. The van der Waals surface area contributed by atoms with Crippen molar-refractivity contribution in [3.63, 3.8) is 0 Å². The molecule has 14 heavy (non-hydrogen) atoms. The lowest BCUT2D eigenvalue weighted by Crippen LogP contribution is -2.30. The van der Waals surface area contributed by atoms with Gasteiger partial charge < -0.3 is 5.32 Å². The fourth-order valence-corrected chi connectivity index (χ4v) is 1.40. The smallest absolute Gasteiger partial charge is 0.208 e. The van der Waals surface area contributed by atoms with Crippen LogP contribution in [0.3, 0.4) is 0 Å². The molecule has 0 aromatic carbocycles. The largest absolute Gasteiger partial charge is 0.310 e. The van der Waals surface area contributed by atoms with Gasteiger partial charge in [-0.25, -0.2) is 13.1 Å². The molecule has 0 saturated heterocycles. The number of hydrogen-bond acceptors (Lipinski definition) is 4. The molecule has 0 bridgehead atoms. The van der Waals surface area contributed by atoms with Crippen molar-refractivity contribution < 1.29 is 8.42 Å². The number of aromatic amines is 1. The van der Waals surface area contributed by atoms with Gasteiger partial charge in [0.2, 0.25) is 10.0 Å². The zero-order valence-electron chi connectivity index (χ0n) is 7.95. The number of H-pyrrole nitrogens is 1. The van der Waals surface area contributed by atoms with Gasteiger partial charge in [0.05, 0.1) is 6.26 Å². The van der Waals surface area contributed by atoms with Gasteiger partial charge in [0, 0.05) is 31.5 Å². The van der Waals surface area contributed by atoms with Gasteiger partial charge in [0.25, 0.3) is 0 Å². The van der Waals surface area contributed by atoms with E-state index in [-0.39, 0.29) is 0 Å². The van der Waals surface area contributed by atoms with Crippen LogP contribution in [0.1, 0.15) is 5.69 Å². The van der Waals surface area contributed by atoms with Crippen molar-refractivity contribution >= 4 is 10.0 Å². The summed E-state index contributed by atoms with van der Waals surface area (Å²) in [6, 6.07) is 1.86. The average molecular weight is 218 g/mol. The van der Waals surface area contributed by atoms with Gasteiger partial charge in [-0.05, 0) is 6.07 Å². The summed E-state index contributed by atoms with van der Waals surface area (Å²) >= 11 is 0. The maximum absolute atomic E-state index is 10.7. The highest BCUT2D eigenvalue weighted by Gasteiger charge is 1.98. The van der Waals surface area contributed by atoms with Crippen LogP contribution >= 0.6 is 0 Å². The first-order chi connectivity index (χ1) is 6.58. The van der Waals surface area contributed by atoms with E-state index in [2.05, 4.69) is 20.2 Å². The average Bonchev–Trinajstić information content (AvgIpc) is 2.54. The van der Waals surface area contributed by atoms with Crippen molar-refractivity contribution in [3.05, 3.63) is 18.0 Å². The molecule has 1 heterocycles. The summed E-state index contributed by atoms with van der Waals surface area (Å²) in [5.41, 5.74) is 0.976. The van der Waals surface area contributed by atoms with E-state index in [0.717, 1.165) is 11.9 Å². The molecule has 0 aliphatic rings. The van der Waals surface area contributed by atoms with Crippen LogP contribution in [-0.2, 0) is 16.6 Å². The highest BCUT2D eigenvalue weighted by atomic mass is 32.2. The predicted octanol–water partition coefficient (Wildman–Crippen LogP) is -0.951. The Morgan fingerprint density at radius 2 is 2.29 bits per heavy atom. The second-order valence-electron chi connectivity index (χ2n) is 2.93. The molecule has 0 spiro atoms. The molecule has 80 valence electrons. The van der Waals surface area contributed by atoms with Crippen LogP contribution < -0.4 is 10.0 Å². The SMILES string of the molecule is CS(=O)(=O)NCCNCc1ccn[nH]1. The highest BCUT2D eigenvalue weighted by molar-refractivity contribution is 7.88. The molecule has 1 aromatic heterocycles. The van der Waals surface area contributed by atoms with Crippen molar-refractivity contribution in [2.24, 2.45) is 0 Å². The van der Waals surface area contributed by atoms with E-state index in [1.807, 2.05) is 6.07 Å². The third kappa shape index (κ3) is 4.95. The topological polar surface area (TPSA) is 86.9 Å². The minimum atomic E-state index is -3.07. The van der Waals surface area contributed by atoms with Crippen LogP contribution in [0.5, 0.6) is 0 Å². The summed E-state index contributed by atoms with van der Waals surface area (Å²) in [5, 5.41) is 9.64. The lowest BCUT2D eigenvalue weighted by molar-refractivity contribution is 0.581. The van der Waals surface area contributed by atoms with Crippen LogP contribution in [0.4, 0.5) is 0 Å². The molecule has 1 aromatic rings. The number of aromatic nitrogens is 2. The molecule has 1 rings (SSSR count). The first kappa shape index (κ1) is 11.2. The lowest BCUT2D eigenvalue weighted by atomic mass is 10.4. The van der Waals surface area contributed by atoms with E-state index in [1.165, 1.54) is 0 Å². The number of nitrogens with one attached hydrogen (secondary N) is 3. The molecule has 0 saturated carbocycles. The maximum atomic E-state index is 10.7. The first-order valence-corrected chi connectivity index (χ1v) is 6.11. The summed E-state index contributed by atoms with van der Waals surface area (Å²) in [7, 11) is -3.07. The number of hydrogen-bond donors (Lipinski definition) is 3. The maximum Gasteiger partial charge on any atom is 0.208 e. The molecule has 0 amide bonds. The molecule has 0 atom stereocenters. The van der Waals surface area contributed by atoms with Crippen LogP contribution in [0.15, 0.2) is 12.3 Å². The Morgan fingerprint density at radius 1 is 1.50 bits per heavy atom. The second-order valence-corrected chi connectivity index (χ2v) is 4.76. The Morgan fingerprint density at radius 3 is 2.86 bits per heavy atom. The van der Waals surface area contributed by atoms with E-state index in [0.29, 0.717) is 19.6 Å². The van der Waals surface area contributed by atoms with E-state index in [9.17, 15) is 8.42 Å². The molecule has 0 fully saturated rings. The van der Waals surface area contributed by atoms with Crippen molar-refractivity contribution in [2.75, 3.05) is 19.3 Å². The standard InChI is InChI=1S/C7H14N4O2S/c1-14(12,13)10-5-4-8-6-7-2-3-9-11-7/h2-3,8,10H,4-6H2,1H3,(H,9,11). The molecule has 0 aliphatic heterocycles. The van der Waals surface area contributed by atoms with Gasteiger partial charge in [-0.2, -0.15) is 5.10 Å². The fourth-order valence-electron chi connectivity index (χ4n) is 0.931. The van der Waals surface area contributed by atoms with Gasteiger partial charge in [0.1, 0.15) is 0 Å². The van der Waals surface area contributed by atoms with Crippen LogP contribution in [0.25, 0.3) is 0 Å².